The van der Waals surface area contributed by atoms with Gasteiger partial charge in [0.05, 0.1) is 51.0 Å². The van der Waals surface area contributed by atoms with Gasteiger partial charge in [0.1, 0.15) is 0 Å². The molecule has 1 saturated heterocycles. The van der Waals surface area contributed by atoms with Crippen LogP contribution in [0, 0.1) is 11.8 Å². The number of H-pyrrole nitrogens is 2. The molecule has 3 aromatic rings. The first-order chi connectivity index (χ1) is 22.0. The molecule has 0 spiro atoms. The number of nitrogens with one attached hydrogen (secondary N) is 2. The summed E-state index contributed by atoms with van der Waals surface area (Å²) in [6.45, 7) is 0. The zero-order valence-electron chi connectivity index (χ0n) is 23.5. The van der Waals surface area contributed by atoms with Crippen LogP contribution in [0.4, 0.5) is 0 Å². The number of aromatic amines is 2. The van der Waals surface area contributed by atoms with Crippen molar-refractivity contribution in [1.29, 1.82) is 0 Å². The Morgan fingerprint density at radius 3 is 1.84 bits per heavy atom. The van der Waals surface area contributed by atoms with Crippen molar-refractivity contribution in [3.05, 3.63) is 94.6 Å². The highest BCUT2D eigenvalue weighted by Gasteiger charge is 2.46. The zero-order valence-corrected chi connectivity index (χ0v) is 25.9. The van der Waals surface area contributed by atoms with E-state index in [4.69, 9.17) is 9.97 Å². The lowest BCUT2D eigenvalue weighted by Gasteiger charge is -2.34. The summed E-state index contributed by atoms with van der Waals surface area (Å²) in [4.78, 5) is 57.1. The van der Waals surface area contributed by atoms with Gasteiger partial charge >= 0.3 is 0 Å². The molecule has 45 heavy (non-hydrogen) atoms. The van der Waals surface area contributed by atoms with Crippen molar-refractivity contribution in [2.75, 3.05) is 0 Å². The van der Waals surface area contributed by atoms with E-state index in [0.29, 0.717) is 0 Å². The van der Waals surface area contributed by atoms with Crippen molar-refractivity contribution in [1.82, 2.24) is 19.9 Å². The van der Waals surface area contributed by atoms with Gasteiger partial charge in [0.15, 0.2) is 5.12 Å². The highest BCUT2D eigenvalue weighted by Crippen LogP contribution is 2.57. The minimum atomic E-state index is -0.360. The van der Waals surface area contributed by atoms with Gasteiger partial charge in [0.25, 0.3) is 0 Å². The van der Waals surface area contributed by atoms with Crippen molar-refractivity contribution in [2.45, 2.75) is 34.5 Å². The summed E-state index contributed by atoms with van der Waals surface area (Å²) in [6, 6.07) is 12.4. The van der Waals surface area contributed by atoms with Gasteiger partial charge in [-0.1, -0.05) is 59.6 Å². The van der Waals surface area contributed by atoms with Crippen LogP contribution in [0.15, 0.2) is 60.7 Å². The van der Waals surface area contributed by atoms with Crippen LogP contribution in [-0.2, 0) is 14.4 Å². The fraction of sp³-hybridized carbons (Fsp3) is 0.229. The molecule has 3 aromatic heterocycles. The van der Waals surface area contributed by atoms with E-state index in [-0.39, 0.29) is 48.8 Å². The molecule has 3 aliphatic carbocycles. The molecular formula is C35H22N4O3S3. The Balaban J connectivity index is 1.27. The monoisotopic (exact) mass is 642 g/mol. The number of hydrogen-bond acceptors (Lipinski definition) is 8. The van der Waals surface area contributed by atoms with Crippen LogP contribution in [0.5, 0.6) is 0 Å². The van der Waals surface area contributed by atoms with E-state index in [9.17, 15) is 14.4 Å². The maximum absolute atomic E-state index is 13.2. The number of rotatable bonds is 0. The summed E-state index contributed by atoms with van der Waals surface area (Å²) in [5, 5.41) is 0.448. The second kappa shape index (κ2) is 8.69. The smallest absolute Gasteiger partial charge is 0.201 e. The second-order valence-corrected chi connectivity index (χ2v) is 16.1. The third-order valence-corrected chi connectivity index (χ3v) is 13.8. The van der Waals surface area contributed by atoms with Gasteiger partial charge in [-0.15, -0.1) is 0 Å². The summed E-state index contributed by atoms with van der Waals surface area (Å²) < 4.78 is 0. The SMILES string of the molecule is O=C1SC2C=CC1C1=C2c2cc3ccc(cc4[nH]c(cc5nc(cc1n2)C1=C5C2C=CC1SC2=O)c1c4C2CCC1SC2=O)[nH]3. The molecule has 218 valence electrons. The third kappa shape index (κ3) is 3.34. The summed E-state index contributed by atoms with van der Waals surface area (Å²) >= 11 is 4.20. The normalized spacial score (nSPS) is 30.0. The number of allylic oxidation sites excluding steroid dienone is 4. The number of fused-ring (bicyclic) bond motifs is 12. The molecule has 14 rings (SSSR count). The van der Waals surface area contributed by atoms with Crippen molar-refractivity contribution in [3.8, 4) is 0 Å². The molecule has 11 aliphatic rings. The van der Waals surface area contributed by atoms with Crippen LogP contribution in [0.3, 0.4) is 0 Å². The highest BCUT2D eigenvalue weighted by molar-refractivity contribution is 8.15. The molecule has 11 heterocycles. The molecule has 1 fully saturated rings. The molecule has 6 atom stereocenters. The van der Waals surface area contributed by atoms with Gasteiger partial charge in [-0.25, -0.2) is 9.97 Å². The summed E-state index contributed by atoms with van der Waals surface area (Å²) in [5.74, 6) is -0.831. The molecule has 7 nitrogen and oxygen atoms in total. The number of carbonyl (C=O) groups is 3. The molecular weight excluding hydrogens is 621 g/mol. The standard InChI is InChI=1S/C35H22N4O3S3/c40-33-15-3-7-25(44-33)31-22-12-21-29-17-5-8-26(45-35(17)42)32(29)23(39-21)11-20-28-16-4-6-24(43-34(16)41)30(28)19(38-20)10-14-2-1-13(36-14)9-18(37-22)27(15)31/h1-2,4-6,8-12,15-17,24-26,36-37H,3,7H2. The second-order valence-electron chi connectivity index (χ2n) is 12.6. The van der Waals surface area contributed by atoms with E-state index in [1.165, 1.54) is 40.8 Å². The average Bonchev–Trinajstić information content (AvgIpc) is 3.81. The largest absolute Gasteiger partial charge is 0.355 e. The number of aromatic nitrogens is 4. The lowest BCUT2D eigenvalue weighted by atomic mass is 9.83. The predicted molar refractivity (Wildman–Crippen MR) is 180 cm³/mol. The minimum absolute atomic E-state index is 0.0755. The Morgan fingerprint density at radius 1 is 0.578 bits per heavy atom. The first kappa shape index (κ1) is 25.3. The van der Waals surface area contributed by atoms with Gasteiger partial charge in [-0.2, -0.15) is 0 Å². The maximum Gasteiger partial charge on any atom is 0.201 e. The van der Waals surface area contributed by atoms with Crippen LogP contribution in [0.1, 0.15) is 57.9 Å². The quantitative estimate of drug-likeness (QED) is 0.253. The van der Waals surface area contributed by atoms with Crippen molar-refractivity contribution < 1.29 is 14.4 Å². The maximum atomic E-state index is 13.2. The average molecular weight is 643 g/mol. The van der Waals surface area contributed by atoms with Gasteiger partial charge < -0.3 is 9.97 Å². The number of hydrogen-bond donors (Lipinski definition) is 2. The topological polar surface area (TPSA) is 109 Å². The van der Waals surface area contributed by atoms with E-state index in [1.807, 2.05) is 18.2 Å². The molecule has 0 aromatic carbocycles. The summed E-state index contributed by atoms with van der Waals surface area (Å²) in [5.41, 5.74) is 13.4. The van der Waals surface area contributed by atoms with Gasteiger partial charge in [0, 0.05) is 38.5 Å². The number of thioether (sulfide) groups is 3. The lowest BCUT2D eigenvalue weighted by molar-refractivity contribution is -0.113. The Hall–Kier alpha value is -3.86. The fourth-order valence-electron chi connectivity index (χ4n) is 8.41. The first-order valence-electron chi connectivity index (χ1n) is 15.2. The Morgan fingerprint density at radius 2 is 1.18 bits per heavy atom. The Kier molecular flexibility index (Phi) is 4.89. The van der Waals surface area contributed by atoms with Crippen LogP contribution in [-0.4, -0.2) is 45.8 Å². The van der Waals surface area contributed by atoms with E-state index in [1.54, 1.807) is 0 Å². The summed E-state index contributed by atoms with van der Waals surface area (Å²) in [7, 11) is 0. The minimum Gasteiger partial charge on any atom is -0.355 e. The fourth-order valence-corrected chi connectivity index (χ4v) is 12.0. The first-order valence-corrected chi connectivity index (χ1v) is 17.8. The molecule has 2 N–H and O–H groups in total. The number of carbonyl (C=O) groups excluding carboxylic acids is 3. The van der Waals surface area contributed by atoms with Crippen LogP contribution in [0.25, 0.3) is 44.4 Å². The highest BCUT2D eigenvalue weighted by atomic mass is 32.2. The van der Waals surface area contributed by atoms with Crippen molar-refractivity contribution in [2.24, 2.45) is 11.8 Å². The third-order valence-electron chi connectivity index (χ3n) is 10.3. The molecule has 10 heteroatoms. The molecule has 14 bridgehead atoms. The van der Waals surface area contributed by atoms with E-state index >= 15 is 0 Å². The molecule has 0 radical (unpaired) electrons. The van der Waals surface area contributed by atoms with Crippen LogP contribution < -0.4 is 0 Å². The van der Waals surface area contributed by atoms with Crippen molar-refractivity contribution >= 4 is 95.0 Å². The lowest BCUT2D eigenvalue weighted by Crippen LogP contribution is -2.26. The van der Waals surface area contributed by atoms with Crippen LogP contribution in [0.2, 0.25) is 0 Å². The predicted octanol–water partition coefficient (Wildman–Crippen LogP) is 6.98. The zero-order chi connectivity index (χ0) is 29.7. The van der Waals surface area contributed by atoms with E-state index in [2.05, 4.69) is 52.5 Å². The number of nitrogens with zero attached hydrogens (tertiary/aromatic N) is 2. The molecule has 8 aliphatic heterocycles. The van der Waals surface area contributed by atoms with Crippen LogP contribution >= 0.6 is 35.3 Å². The van der Waals surface area contributed by atoms with Gasteiger partial charge in [0.2, 0.25) is 10.2 Å². The molecule has 6 unspecified atom stereocenters. The Labute approximate surface area is 269 Å². The summed E-state index contributed by atoms with van der Waals surface area (Å²) in [6.07, 6.45) is 10.1. The van der Waals surface area contributed by atoms with E-state index < -0.39 is 0 Å². The molecule has 0 saturated carbocycles. The van der Waals surface area contributed by atoms with Gasteiger partial charge in [-0.3, -0.25) is 14.4 Å². The van der Waals surface area contributed by atoms with E-state index in [0.717, 1.165) is 85.5 Å². The van der Waals surface area contributed by atoms with Crippen molar-refractivity contribution in [3.63, 3.8) is 0 Å². The Bertz CT molecular complexity index is 2320. The van der Waals surface area contributed by atoms with Gasteiger partial charge in [-0.05, 0) is 71.5 Å². The molecule has 0 amide bonds.